The van der Waals surface area contributed by atoms with Gasteiger partial charge in [0.1, 0.15) is 17.1 Å². The van der Waals surface area contributed by atoms with Gasteiger partial charge in [-0.15, -0.1) is 0 Å². The van der Waals surface area contributed by atoms with Crippen molar-refractivity contribution in [2.75, 3.05) is 0 Å². The zero-order chi connectivity index (χ0) is 21.7. The largest absolute Gasteiger partial charge is 0.481 e. The monoisotopic (exact) mass is 430 g/mol. The van der Waals surface area contributed by atoms with Crippen molar-refractivity contribution in [3.8, 4) is 5.75 Å². The van der Waals surface area contributed by atoms with Crippen LogP contribution in [0.25, 0.3) is 11.0 Å². The minimum Gasteiger partial charge on any atom is -0.481 e. The van der Waals surface area contributed by atoms with Crippen LogP contribution in [0.2, 0.25) is 5.02 Å². The molecule has 30 heavy (non-hydrogen) atoms. The number of ether oxygens (including phenoxy) is 1. The van der Waals surface area contributed by atoms with Crippen LogP contribution in [-0.2, 0) is 11.2 Å². The van der Waals surface area contributed by atoms with Crippen LogP contribution < -0.4 is 15.8 Å². The Kier molecular flexibility index (Phi) is 6.84. The second-order valence-electron chi connectivity index (χ2n) is 6.63. The molecular formula is C22H20ClFN2O4. The standard InChI is InChI=1S/C22H20ClFN2O4/c1-3-5-14-10-21(27)30-20-11-15(8-9-16(14)20)29-13(2)22(28)26-25-12-17-18(23)6-4-7-19(17)24/h4,6-13H,3,5H2,1-2H3,(H,26,28). The van der Waals surface area contributed by atoms with E-state index in [0.29, 0.717) is 11.3 Å². The summed E-state index contributed by atoms with van der Waals surface area (Å²) < 4.78 is 24.6. The van der Waals surface area contributed by atoms with Gasteiger partial charge < -0.3 is 9.15 Å². The third-order valence-electron chi connectivity index (χ3n) is 4.37. The molecule has 0 saturated heterocycles. The van der Waals surface area contributed by atoms with Crippen LogP contribution in [0.1, 0.15) is 31.4 Å². The van der Waals surface area contributed by atoms with Crippen molar-refractivity contribution in [3.05, 3.63) is 74.9 Å². The topological polar surface area (TPSA) is 80.9 Å². The highest BCUT2D eigenvalue weighted by atomic mass is 35.5. The lowest BCUT2D eigenvalue weighted by Crippen LogP contribution is -2.33. The summed E-state index contributed by atoms with van der Waals surface area (Å²) in [6.45, 7) is 3.57. The van der Waals surface area contributed by atoms with E-state index in [2.05, 4.69) is 10.5 Å². The molecule has 6 nitrogen and oxygen atoms in total. The predicted octanol–water partition coefficient (Wildman–Crippen LogP) is 4.46. The van der Waals surface area contributed by atoms with Crippen molar-refractivity contribution < 1.29 is 18.3 Å². The lowest BCUT2D eigenvalue weighted by atomic mass is 10.1. The fourth-order valence-corrected chi connectivity index (χ4v) is 3.11. The summed E-state index contributed by atoms with van der Waals surface area (Å²) >= 11 is 5.90. The van der Waals surface area contributed by atoms with Gasteiger partial charge in [-0.3, -0.25) is 4.79 Å². The van der Waals surface area contributed by atoms with Crippen LogP contribution in [0, 0.1) is 5.82 Å². The Bertz CT molecular complexity index is 1140. The van der Waals surface area contributed by atoms with Gasteiger partial charge in [-0.25, -0.2) is 14.6 Å². The van der Waals surface area contributed by atoms with Crippen LogP contribution in [0.15, 0.2) is 56.8 Å². The highest BCUT2D eigenvalue weighted by Gasteiger charge is 2.15. The van der Waals surface area contributed by atoms with Crippen LogP contribution >= 0.6 is 11.6 Å². The first-order valence-corrected chi connectivity index (χ1v) is 9.77. The molecule has 0 bridgehead atoms. The van der Waals surface area contributed by atoms with Gasteiger partial charge >= 0.3 is 5.63 Å². The molecular weight excluding hydrogens is 411 g/mol. The minimum atomic E-state index is -0.902. The van der Waals surface area contributed by atoms with Gasteiger partial charge in [-0.1, -0.05) is 31.0 Å². The van der Waals surface area contributed by atoms with Crippen LogP contribution in [0.4, 0.5) is 4.39 Å². The summed E-state index contributed by atoms with van der Waals surface area (Å²) in [7, 11) is 0. The van der Waals surface area contributed by atoms with Crippen LogP contribution in [0.5, 0.6) is 5.75 Å². The highest BCUT2D eigenvalue weighted by molar-refractivity contribution is 6.33. The average Bonchev–Trinajstić information content (AvgIpc) is 2.70. The zero-order valence-electron chi connectivity index (χ0n) is 16.4. The molecule has 1 atom stereocenters. The number of nitrogens with one attached hydrogen (secondary N) is 1. The molecule has 0 radical (unpaired) electrons. The summed E-state index contributed by atoms with van der Waals surface area (Å²) in [4.78, 5) is 24.0. The average molecular weight is 431 g/mol. The molecule has 1 amide bonds. The fourth-order valence-electron chi connectivity index (χ4n) is 2.90. The Morgan fingerprint density at radius 1 is 1.33 bits per heavy atom. The molecule has 3 rings (SSSR count). The van der Waals surface area contributed by atoms with Gasteiger partial charge in [-0.2, -0.15) is 5.10 Å². The van der Waals surface area contributed by atoms with Crippen LogP contribution in [-0.4, -0.2) is 18.2 Å². The van der Waals surface area contributed by atoms with Crippen molar-refractivity contribution in [1.82, 2.24) is 5.43 Å². The fraction of sp³-hybridized carbons (Fsp3) is 0.227. The summed E-state index contributed by atoms with van der Waals surface area (Å²) in [5, 5.41) is 4.73. The van der Waals surface area contributed by atoms with E-state index in [9.17, 15) is 14.0 Å². The highest BCUT2D eigenvalue weighted by Crippen LogP contribution is 2.24. The van der Waals surface area contributed by atoms with E-state index in [1.165, 1.54) is 31.2 Å². The maximum atomic E-state index is 13.7. The molecule has 8 heteroatoms. The maximum absolute atomic E-state index is 13.7. The number of carbonyl (C=O) groups is 1. The number of benzene rings is 2. The van der Waals surface area contributed by atoms with E-state index >= 15 is 0 Å². The van der Waals surface area contributed by atoms with Crippen LogP contribution in [0.3, 0.4) is 0 Å². The van der Waals surface area contributed by atoms with E-state index in [-0.39, 0.29) is 10.6 Å². The predicted molar refractivity (Wildman–Crippen MR) is 114 cm³/mol. The summed E-state index contributed by atoms with van der Waals surface area (Å²) in [5.74, 6) is -0.729. The second kappa shape index (κ2) is 9.54. The molecule has 0 aliphatic rings. The van der Waals surface area contributed by atoms with E-state index in [1.54, 1.807) is 18.2 Å². The van der Waals surface area contributed by atoms with Crippen molar-refractivity contribution in [3.63, 3.8) is 0 Å². The molecule has 156 valence electrons. The van der Waals surface area contributed by atoms with E-state index < -0.39 is 23.5 Å². The van der Waals surface area contributed by atoms with E-state index in [4.69, 9.17) is 20.8 Å². The molecule has 2 aromatic carbocycles. The molecule has 0 aliphatic carbocycles. The number of nitrogens with zero attached hydrogens (tertiary/aromatic N) is 1. The molecule has 0 saturated carbocycles. The molecule has 0 aliphatic heterocycles. The Labute approximate surface area is 177 Å². The van der Waals surface area contributed by atoms with Gasteiger partial charge in [0.25, 0.3) is 5.91 Å². The van der Waals surface area contributed by atoms with Gasteiger partial charge in [0.05, 0.1) is 11.2 Å². The number of hydrogen-bond donors (Lipinski definition) is 1. The third-order valence-corrected chi connectivity index (χ3v) is 4.70. The van der Waals surface area contributed by atoms with Crippen molar-refractivity contribution >= 4 is 34.7 Å². The third kappa shape index (κ3) is 5.04. The van der Waals surface area contributed by atoms with Crippen molar-refractivity contribution in [2.45, 2.75) is 32.8 Å². The SMILES string of the molecule is CCCc1cc(=O)oc2cc(OC(C)C(=O)NN=Cc3c(F)cccc3Cl)ccc12. The number of amides is 1. The number of rotatable bonds is 7. The normalized spacial score (nSPS) is 12.3. The molecule has 0 fully saturated rings. The van der Waals surface area contributed by atoms with E-state index in [1.807, 2.05) is 6.92 Å². The Balaban J connectivity index is 1.70. The minimum absolute atomic E-state index is 0.0699. The lowest BCUT2D eigenvalue weighted by molar-refractivity contribution is -0.127. The number of carbonyl (C=O) groups excluding carboxylic acids is 1. The Hall–Kier alpha value is -3.19. The molecule has 1 N–H and O–H groups in total. The first-order valence-electron chi connectivity index (χ1n) is 9.39. The number of aryl methyl sites for hydroxylation is 1. The summed E-state index contributed by atoms with van der Waals surface area (Å²) in [6, 6.07) is 10.8. The first kappa shape index (κ1) is 21.5. The molecule has 1 heterocycles. The van der Waals surface area contributed by atoms with Gasteiger partial charge in [-0.05, 0) is 43.2 Å². The second-order valence-corrected chi connectivity index (χ2v) is 7.04. The molecule has 1 aromatic heterocycles. The van der Waals surface area contributed by atoms with Gasteiger partial charge in [0.15, 0.2) is 6.10 Å². The van der Waals surface area contributed by atoms with E-state index in [0.717, 1.165) is 30.0 Å². The Morgan fingerprint density at radius 2 is 2.13 bits per heavy atom. The first-order chi connectivity index (χ1) is 14.4. The van der Waals surface area contributed by atoms with Gasteiger partial charge in [0, 0.05) is 23.1 Å². The maximum Gasteiger partial charge on any atom is 0.336 e. The quantitative estimate of drug-likeness (QED) is 0.341. The Morgan fingerprint density at radius 3 is 2.87 bits per heavy atom. The number of hydrazone groups is 1. The molecule has 0 spiro atoms. The molecule has 3 aromatic rings. The number of halogens is 2. The summed E-state index contributed by atoms with van der Waals surface area (Å²) in [5.41, 5.74) is 3.22. The molecule has 1 unspecified atom stereocenters. The number of fused-ring (bicyclic) bond motifs is 1. The van der Waals surface area contributed by atoms with Crippen molar-refractivity contribution in [1.29, 1.82) is 0 Å². The summed E-state index contributed by atoms with van der Waals surface area (Å²) in [6.07, 6.45) is 1.88. The van der Waals surface area contributed by atoms with Gasteiger partial charge in [0.2, 0.25) is 0 Å². The lowest BCUT2D eigenvalue weighted by Gasteiger charge is -2.13. The number of hydrogen-bond acceptors (Lipinski definition) is 5. The van der Waals surface area contributed by atoms with Crippen molar-refractivity contribution in [2.24, 2.45) is 5.10 Å². The zero-order valence-corrected chi connectivity index (χ0v) is 17.2. The smallest absolute Gasteiger partial charge is 0.336 e.